The molecule has 1 aliphatic heterocycles. The highest BCUT2D eigenvalue weighted by atomic mass is 16.3. The molecule has 0 bridgehead atoms. The number of carbonyl (C=O) groups excluding carboxylic acids is 1. The Morgan fingerprint density at radius 1 is 1.47 bits per heavy atom. The molecule has 1 saturated carbocycles. The number of hydrazine groups is 1. The minimum atomic E-state index is -0.682. The molecule has 2 aliphatic rings. The molecule has 15 heavy (non-hydrogen) atoms. The van der Waals surface area contributed by atoms with Crippen LogP contribution in [-0.4, -0.2) is 45.8 Å². The Bertz CT molecular complexity index is 256. The third kappa shape index (κ3) is 2.69. The lowest BCUT2D eigenvalue weighted by Gasteiger charge is -2.30. The molecule has 0 atom stereocenters. The van der Waals surface area contributed by atoms with Crippen molar-refractivity contribution in [3.63, 3.8) is 0 Å². The van der Waals surface area contributed by atoms with E-state index in [1.807, 2.05) is 5.01 Å². The maximum Gasteiger partial charge on any atom is 0.238 e. The molecule has 86 valence electrons. The van der Waals surface area contributed by atoms with E-state index in [1.54, 1.807) is 13.8 Å². The van der Waals surface area contributed by atoms with Gasteiger partial charge in [-0.15, -0.1) is 0 Å². The molecule has 1 amide bonds. The molecule has 2 fully saturated rings. The molecular weight excluding hydrogens is 192 g/mol. The molecule has 4 nitrogen and oxygen atoms in total. The first kappa shape index (κ1) is 10.9. The molecule has 2 rings (SSSR count). The minimum absolute atomic E-state index is 0.214. The number of carbonyl (C=O) groups is 1. The van der Waals surface area contributed by atoms with Crippen LogP contribution in [-0.2, 0) is 4.79 Å². The summed E-state index contributed by atoms with van der Waals surface area (Å²) < 4.78 is 0. The van der Waals surface area contributed by atoms with Gasteiger partial charge in [0.2, 0.25) is 5.91 Å². The molecule has 0 aromatic rings. The van der Waals surface area contributed by atoms with Crippen molar-refractivity contribution in [2.75, 3.05) is 13.1 Å². The van der Waals surface area contributed by atoms with Gasteiger partial charge in [0.25, 0.3) is 0 Å². The maximum absolute atomic E-state index is 11.6. The van der Waals surface area contributed by atoms with E-state index in [4.69, 9.17) is 0 Å². The zero-order valence-corrected chi connectivity index (χ0v) is 9.57. The topological polar surface area (TPSA) is 43.8 Å². The number of nitrogens with zero attached hydrogens (tertiary/aromatic N) is 2. The van der Waals surface area contributed by atoms with Gasteiger partial charge in [-0.2, -0.15) is 0 Å². The van der Waals surface area contributed by atoms with Gasteiger partial charge in [-0.05, 0) is 33.1 Å². The fraction of sp³-hybridized carbons (Fsp3) is 0.909. The van der Waals surface area contributed by atoms with Gasteiger partial charge in [0.1, 0.15) is 0 Å². The highest BCUT2D eigenvalue weighted by molar-refractivity contribution is 5.77. The molecule has 4 heteroatoms. The van der Waals surface area contributed by atoms with E-state index in [9.17, 15) is 9.90 Å². The van der Waals surface area contributed by atoms with E-state index in [2.05, 4.69) is 5.01 Å². The van der Waals surface area contributed by atoms with Crippen LogP contribution in [0, 0.1) is 0 Å². The van der Waals surface area contributed by atoms with Gasteiger partial charge >= 0.3 is 0 Å². The number of amides is 1. The van der Waals surface area contributed by atoms with Crippen molar-refractivity contribution < 1.29 is 9.90 Å². The van der Waals surface area contributed by atoms with Crippen molar-refractivity contribution in [2.24, 2.45) is 0 Å². The Kier molecular flexibility index (Phi) is 2.73. The first-order chi connectivity index (χ1) is 6.97. The minimum Gasteiger partial charge on any atom is -0.390 e. The van der Waals surface area contributed by atoms with Gasteiger partial charge in [0.15, 0.2) is 0 Å². The second-order valence-corrected chi connectivity index (χ2v) is 5.22. The Morgan fingerprint density at radius 3 is 2.67 bits per heavy atom. The largest absolute Gasteiger partial charge is 0.390 e. The Hall–Kier alpha value is -0.610. The summed E-state index contributed by atoms with van der Waals surface area (Å²) in [6.07, 6.45) is 3.71. The summed E-state index contributed by atoms with van der Waals surface area (Å²) in [6.45, 7) is 5.10. The normalized spacial score (nSPS) is 23.9. The summed E-state index contributed by atoms with van der Waals surface area (Å²) in [7, 11) is 0. The van der Waals surface area contributed by atoms with E-state index >= 15 is 0 Å². The van der Waals surface area contributed by atoms with E-state index in [-0.39, 0.29) is 5.91 Å². The predicted octanol–water partition coefficient (Wildman–Crippen LogP) is 0.759. The molecule has 0 spiro atoms. The molecule has 1 saturated heterocycles. The van der Waals surface area contributed by atoms with Crippen molar-refractivity contribution in [3.8, 4) is 0 Å². The zero-order chi connectivity index (χ0) is 11.1. The maximum atomic E-state index is 11.6. The van der Waals surface area contributed by atoms with Crippen LogP contribution in [0.4, 0.5) is 0 Å². The van der Waals surface area contributed by atoms with Gasteiger partial charge in [0, 0.05) is 25.6 Å². The first-order valence-corrected chi connectivity index (χ1v) is 5.77. The van der Waals surface area contributed by atoms with Crippen LogP contribution < -0.4 is 0 Å². The first-order valence-electron chi connectivity index (χ1n) is 5.77. The zero-order valence-electron chi connectivity index (χ0n) is 9.57. The highest BCUT2D eigenvalue weighted by Gasteiger charge is 2.39. The fourth-order valence-electron chi connectivity index (χ4n) is 1.99. The van der Waals surface area contributed by atoms with Crippen LogP contribution in [0.1, 0.15) is 39.5 Å². The molecule has 0 unspecified atom stereocenters. The summed E-state index contributed by atoms with van der Waals surface area (Å²) in [5.74, 6) is 0.214. The third-order valence-electron chi connectivity index (χ3n) is 3.06. The third-order valence-corrected chi connectivity index (χ3v) is 3.06. The smallest absolute Gasteiger partial charge is 0.238 e. The molecular formula is C11H20N2O2. The average Bonchev–Trinajstić information content (AvgIpc) is 2.87. The highest BCUT2D eigenvalue weighted by Crippen LogP contribution is 2.31. The van der Waals surface area contributed by atoms with E-state index in [1.165, 1.54) is 12.8 Å². The predicted molar refractivity (Wildman–Crippen MR) is 57.0 cm³/mol. The van der Waals surface area contributed by atoms with E-state index in [0.29, 0.717) is 25.4 Å². The SMILES string of the molecule is CC(C)(O)CCN1C(=O)CCN1C1CC1. The van der Waals surface area contributed by atoms with E-state index < -0.39 is 5.60 Å². The second-order valence-electron chi connectivity index (χ2n) is 5.22. The van der Waals surface area contributed by atoms with Crippen LogP contribution in [0.3, 0.4) is 0 Å². The Balaban J connectivity index is 1.90. The van der Waals surface area contributed by atoms with Gasteiger partial charge in [-0.25, -0.2) is 5.01 Å². The second kappa shape index (κ2) is 3.76. The van der Waals surface area contributed by atoms with Crippen molar-refractivity contribution in [2.45, 2.75) is 51.2 Å². The summed E-state index contributed by atoms with van der Waals surface area (Å²) in [5, 5.41) is 13.7. The van der Waals surface area contributed by atoms with Gasteiger partial charge in [-0.3, -0.25) is 9.80 Å². The summed E-state index contributed by atoms with van der Waals surface area (Å²) in [4.78, 5) is 11.6. The summed E-state index contributed by atoms with van der Waals surface area (Å²) >= 11 is 0. The summed E-state index contributed by atoms with van der Waals surface area (Å²) in [5.41, 5.74) is -0.682. The van der Waals surface area contributed by atoms with Crippen LogP contribution >= 0.6 is 0 Å². The summed E-state index contributed by atoms with van der Waals surface area (Å²) in [6, 6.07) is 0.596. The van der Waals surface area contributed by atoms with Crippen LogP contribution in [0.25, 0.3) is 0 Å². The molecule has 0 radical (unpaired) electrons. The molecule has 0 aromatic heterocycles. The standard InChI is InChI=1S/C11H20N2O2/c1-11(2,15)6-8-13-10(14)5-7-12(13)9-3-4-9/h9,15H,3-8H2,1-2H3. The Morgan fingerprint density at radius 2 is 2.13 bits per heavy atom. The fourth-order valence-corrected chi connectivity index (χ4v) is 1.99. The van der Waals surface area contributed by atoms with Gasteiger partial charge in [-0.1, -0.05) is 0 Å². The lowest BCUT2D eigenvalue weighted by atomic mass is 10.1. The number of aliphatic hydroxyl groups is 1. The number of rotatable bonds is 4. The number of hydrogen-bond acceptors (Lipinski definition) is 3. The number of hydrogen-bond donors (Lipinski definition) is 1. The average molecular weight is 212 g/mol. The molecule has 1 aliphatic carbocycles. The van der Waals surface area contributed by atoms with Gasteiger partial charge < -0.3 is 5.11 Å². The van der Waals surface area contributed by atoms with Crippen molar-refractivity contribution in [3.05, 3.63) is 0 Å². The molecule has 0 aromatic carbocycles. The van der Waals surface area contributed by atoms with Crippen LogP contribution in [0.5, 0.6) is 0 Å². The molecule has 1 N–H and O–H groups in total. The monoisotopic (exact) mass is 212 g/mol. The van der Waals surface area contributed by atoms with Gasteiger partial charge in [0.05, 0.1) is 5.60 Å². The van der Waals surface area contributed by atoms with E-state index in [0.717, 1.165) is 6.54 Å². The Labute approximate surface area is 90.8 Å². The van der Waals surface area contributed by atoms with Crippen LogP contribution in [0.2, 0.25) is 0 Å². The quantitative estimate of drug-likeness (QED) is 0.748. The molecule has 1 heterocycles. The van der Waals surface area contributed by atoms with Crippen molar-refractivity contribution in [1.82, 2.24) is 10.0 Å². The lowest BCUT2D eigenvalue weighted by Crippen LogP contribution is -2.42. The van der Waals surface area contributed by atoms with Crippen molar-refractivity contribution >= 4 is 5.91 Å². The lowest BCUT2D eigenvalue weighted by molar-refractivity contribution is -0.139. The van der Waals surface area contributed by atoms with Crippen LogP contribution in [0.15, 0.2) is 0 Å². The van der Waals surface area contributed by atoms with Crippen molar-refractivity contribution in [1.29, 1.82) is 0 Å².